The highest BCUT2D eigenvalue weighted by molar-refractivity contribution is 6.32. The molecule has 0 bridgehead atoms. The zero-order valence-electron chi connectivity index (χ0n) is 15.9. The molecular formula is C21H22Cl2N2O3. The van der Waals surface area contributed by atoms with Crippen LogP contribution >= 0.6 is 23.2 Å². The molecule has 2 amide bonds. The molecule has 0 aliphatic carbocycles. The number of hydrogen-bond donors (Lipinski definition) is 0. The minimum atomic E-state index is -0.0937. The number of carbonyl (C=O) groups is 2. The van der Waals surface area contributed by atoms with E-state index in [0.717, 1.165) is 11.1 Å². The summed E-state index contributed by atoms with van der Waals surface area (Å²) in [6.07, 6.45) is 0. The van der Waals surface area contributed by atoms with Gasteiger partial charge in [0.25, 0.3) is 11.8 Å². The molecule has 0 spiro atoms. The molecule has 28 heavy (non-hydrogen) atoms. The number of benzene rings is 2. The van der Waals surface area contributed by atoms with Crippen LogP contribution in [0.25, 0.3) is 0 Å². The molecule has 148 valence electrons. The first-order chi connectivity index (χ1) is 13.3. The van der Waals surface area contributed by atoms with Crippen molar-refractivity contribution in [2.75, 3.05) is 32.8 Å². The Morgan fingerprint density at radius 1 is 0.929 bits per heavy atom. The number of halogens is 2. The van der Waals surface area contributed by atoms with E-state index < -0.39 is 0 Å². The van der Waals surface area contributed by atoms with Crippen molar-refractivity contribution in [3.63, 3.8) is 0 Å². The maximum Gasteiger partial charge on any atom is 0.260 e. The van der Waals surface area contributed by atoms with Crippen molar-refractivity contribution in [1.29, 1.82) is 0 Å². The quantitative estimate of drug-likeness (QED) is 0.751. The van der Waals surface area contributed by atoms with Crippen molar-refractivity contribution in [2.24, 2.45) is 0 Å². The van der Waals surface area contributed by atoms with Crippen LogP contribution in [0.15, 0.2) is 36.4 Å². The second kappa shape index (κ2) is 8.84. The van der Waals surface area contributed by atoms with Gasteiger partial charge in [-0.3, -0.25) is 9.59 Å². The molecule has 2 aromatic rings. The number of rotatable bonds is 4. The summed E-state index contributed by atoms with van der Waals surface area (Å²) in [4.78, 5) is 28.5. The minimum Gasteiger partial charge on any atom is -0.484 e. The van der Waals surface area contributed by atoms with Crippen LogP contribution in [0.4, 0.5) is 0 Å². The van der Waals surface area contributed by atoms with Gasteiger partial charge in [0, 0.05) is 41.8 Å². The third kappa shape index (κ3) is 4.78. The molecule has 1 saturated heterocycles. The van der Waals surface area contributed by atoms with Gasteiger partial charge in [-0.05, 0) is 61.4 Å². The van der Waals surface area contributed by atoms with Gasteiger partial charge in [0.1, 0.15) is 5.75 Å². The highest BCUT2D eigenvalue weighted by Gasteiger charge is 2.25. The van der Waals surface area contributed by atoms with Gasteiger partial charge >= 0.3 is 0 Å². The number of amides is 2. The van der Waals surface area contributed by atoms with Crippen LogP contribution in [0.5, 0.6) is 5.75 Å². The van der Waals surface area contributed by atoms with Crippen LogP contribution in [0.1, 0.15) is 21.5 Å². The Bertz CT molecular complexity index is 853. The lowest BCUT2D eigenvalue weighted by Gasteiger charge is -2.34. The van der Waals surface area contributed by atoms with Crippen LogP contribution in [0, 0.1) is 13.8 Å². The molecule has 1 aliphatic rings. The molecule has 0 radical (unpaired) electrons. The monoisotopic (exact) mass is 420 g/mol. The summed E-state index contributed by atoms with van der Waals surface area (Å²) in [6.45, 7) is 5.73. The number of nitrogens with zero attached hydrogens (tertiary/aromatic N) is 2. The molecule has 0 unspecified atom stereocenters. The van der Waals surface area contributed by atoms with Gasteiger partial charge in [-0.15, -0.1) is 0 Å². The fourth-order valence-corrected chi connectivity index (χ4v) is 3.39. The topological polar surface area (TPSA) is 49.9 Å². The third-order valence-electron chi connectivity index (χ3n) is 4.78. The Hall–Kier alpha value is -2.24. The van der Waals surface area contributed by atoms with Crippen LogP contribution in [0.2, 0.25) is 10.0 Å². The van der Waals surface area contributed by atoms with Crippen molar-refractivity contribution in [3.8, 4) is 5.75 Å². The van der Waals surface area contributed by atoms with Crippen molar-refractivity contribution in [3.05, 3.63) is 63.1 Å². The number of piperazine rings is 1. The van der Waals surface area contributed by atoms with E-state index in [0.29, 0.717) is 47.5 Å². The largest absolute Gasteiger partial charge is 0.484 e. The molecule has 0 atom stereocenters. The number of ether oxygens (including phenoxy) is 1. The van der Waals surface area contributed by atoms with Crippen molar-refractivity contribution in [2.45, 2.75) is 13.8 Å². The Labute approximate surface area is 174 Å². The van der Waals surface area contributed by atoms with Crippen molar-refractivity contribution < 1.29 is 14.3 Å². The molecule has 0 saturated carbocycles. The molecule has 0 N–H and O–H groups in total. The Balaban J connectivity index is 1.51. The lowest BCUT2D eigenvalue weighted by atomic mass is 10.1. The Morgan fingerprint density at radius 3 is 2.04 bits per heavy atom. The second-order valence-corrected chi connectivity index (χ2v) is 7.65. The first-order valence-corrected chi connectivity index (χ1v) is 9.83. The molecule has 3 rings (SSSR count). The van der Waals surface area contributed by atoms with E-state index in [2.05, 4.69) is 0 Å². The van der Waals surface area contributed by atoms with Gasteiger partial charge in [-0.25, -0.2) is 0 Å². The summed E-state index contributed by atoms with van der Waals surface area (Å²) in [5, 5.41) is 1.30. The summed E-state index contributed by atoms with van der Waals surface area (Å²) in [5.74, 6) is 0.486. The van der Waals surface area contributed by atoms with E-state index in [9.17, 15) is 9.59 Å². The summed E-state index contributed by atoms with van der Waals surface area (Å²) >= 11 is 12.0. The molecule has 5 nitrogen and oxygen atoms in total. The van der Waals surface area contributed by atoms with E-state index in [1.165, 1.54) is 0 Å². The number of aryl methyl sites for hydroxylation is 2. The minimum absolute atomic E-state index is 0.0361. The standard InChI is InChI=1S/C21H22Cl2N2O3/c1-14-11-18(12-15(2)20(14)23)28-13-19(26)24-7-9-25(10-8-24)21(27)16-3-5-17(22)6-4-16/h3-6,11-12H,7-10,13H2,1-2H3. The molecule has 0 aromatic heterocycles. The number of hydrogen-bond acceptors (Lipinski definition) is 3. The zero-order valence-corrected chi connectivity index (χ0v) is 17.4. The average Bonchev–Trinajstić information content (AvgIpc) is 2.70. The fourth-order valence-electron chi connectivity index (χ4n) is 3.16. The Kier molecular flexibility index (Phi) is 6.47. The normalized spacial score (nSPS) is 14.1. The third-order valence-corrected chi connectivity index (χ3v) is 5.63. The first kappa shape index (κ1) is 20.5. The van der Waals surface area contributed by atoms with Gasteiger partial charge in [0.2, 0.25) is 0 Å². The van der Waals surface area contributed by atoms with Crippen LogP contribution in [-0.2, 0) is 4.79 Å². The van der Waals surface area contributed by atoms with E-state index in [4.69, 9.17) is 27.9 Å². The average molecular weight is 421 g/mol. The molecule has 7 heteroatoms. The molecule has 1 aliphatic heterocycles. The fraction of sp³-hybridized carbons (Fsp3) is 0.333. The predicted octanol–water partition coefficient (Wildman–Crippen LogP) is 3.97. The molecule has 1 heterocycles. The lowest BCUT2D eigenvalue weighted by molar-refractivity contribution is -0.134. The van der Waals surface area contributed by atoms with Crippen molar-refractivity contribution >= 4 is 35.0 Å². The molecule has 2 aromatic carbocycles. The zero-order chi connectivity index (χ0) is 20.3. The van der Waals surface area contributed by atoms with Gasteiger partial charge in [-0.2, -0.15) is 0 Å². The summed E-state index contributed by atoms with van der Waals surface area (Å²) in [7, 11) is 0. The lowest BCUT2D eigenvalue weighted by Crippen LogP contribution is -2.51. The summed E-state index contributed by atoms with van der Waals surface area (Å²) < 4.78 is 5.65. The smallest absolute Gasteiger partial charge is 0.260 e. The van der Waals surface area contributed by atoms with E-state index in [-0.39, 0.29) is 18.4 Å². The summed E-state index contributed by atoms with van der Waals surface area (Å²) in [5.41, 5.74) is 2.43. The highest BCUT2D eigenvalue weighted by atomic mass is 35.5. The highest BCUT2D eigenvalue weighted by Crippen LogP contribution is 2.25. The van der Waals surface area contributed by atoms with Crippen LogP contribution in [0.3, 0.4) is 0 Å². The van der Waals surface area contributed by atoms with Crippen LogP contribution in [-0.4, -0.2) is 54.4 Å². The maximum atomic E-state index is 12.5. The predicted molar refractivity (Wildman–Crippen MR) is 110 cm³/mol. The molecular weight excluding hydrogens is 399 g/mol. The van der Waals surface area contributed by atoms with Gasteiger partial charge in [0.05, 0.1) is 0 Å². The van der Waals surface area contributed by atoms with E-state index in [1.807, 2.05) is 26.0 Å². The van der Waals surface area contributed by atoms with Gasteiger partial charge in [0.15, 0.2) is 6.61 Å². The first-order valence-electron chi connectivity index (χ1n) is 9.07. The van der Waals surface area contributed by atoms with E-state index >= 15 is 0 Å². The van der Waals surface area contributed by atoms with Crippen molar-refractivity contribution in [1.82, 2.24) is 9.80 Å². The second-order valence-electron chi connectivity index (χ2n) is 6.84. The maximum absolute atomic E-state index is 12.5. The van der Waals surface area contributed by atoms with Gasteiger partial charge in [-0.1, -0.05) is 23.2 Å². The van der Waals surface area contributed by atoms with Crippen LogP contribution < -0.4 is 4.74 Å². The van der Waals surface area contributed by atoms with Gasteiger partial charge < -0.3 is 14.5 Å². The SMILES string of the molecule is Cc1cc(OCC(=O)N2CCN(C(=O)c3ccc(Cl)cc3)CC2)cc(C)c1Cl. The molecule has 1 fully saturated rings. The van der Waals surface area contributed by atoms with E-state index in [1.54, 1.807) is 34.1 Å². The Morgan fingerprint density at radius 2 is 1.46 bits per heavy atom. The number of carbonyl (C=O) groups excluding carboxylic acids is 2. The summed E-state index contributed by atoms with van der Waals surface area (Å²) in [6, 6.07) is 10.5.